The maximum absolute atomic E-state index is 12.9. The summed E-state index contributed by atoms with van der Waals surface area (Å²) in [6.07, 6.45) is 8.21. The lowest BCUT2D eigenvalue weighted by atomic mass is 9.60. The average Bonchev–Trinajstić information content (AvgIpc) is 3.40. The number of carbonyl (C=O) groups is 1. The summed E-state index contributed by atoms with van der Waals surface area (Å²) in [5.74, 6) is 2.90. The van der Waals surface area contributed by atoms with Crippen molar-refractivity contribution in [2.24, 2.45) is 17.8 Å². The van der Waals surface area contributed by atoms with Gasteiger partial charge in [-0.25, -0.2) is 4.98 Å². The van der Waals surface area contributed by atoms with Crippen LogP contribution in [0.2, 0.25) is 0 Å². The minimum Gasteiger partial charge on any atom is -0.494 e. The highest BCUT2D eigenvalue weighted by Gasteiger charge is 2.50. The van der Waals surface area contributed by atoms with E-state index in [2.05, 4.69) is 53.3 Å². The summed E-state index contributed by atoms with van der Waals surface area (Å²) >= 11 is 0. The topological polar surface area (TPSA) is 76.7 Å². The number of nitrogens with one attached hydrogen (secondary N) is 1. The first-order chi connectivity index (χ1) is 19.3. The van der Waals surface area contributed by atoms with E-state index in [0.717, 1.165) is 80.0 Å². The molecule has 214 valence electrons. The van der Waals surface area contributed by atoms with Gasteiger partial charge < -0.3 is 24.1 Å². The number of aromatic amines is 1. The first-order valence-corrected chi connectivity index (χ1v) is 14.6. The van der Waals surface area contributed by atoms with Crippen LogP contribution in [0, 0.1) is 17.8 Å². The van der Waals surface area contributed by atoms with Gasteiger partial charge in [0.15, 0.2) is 0 Å². The average molecular weight is 546 g/mol. The van der Waals surface area contributed by atoms with Crippen LogP contribution >= 0.6 is 0 Å². The van der Waals surface area contributed by atoms with E-state index in [1.807, 2.05) is 26.0 Å². The number of hydrogen-bond donors (Lipinski definition) is 1. The number of methoxy groups -OCH3 is 2. The highest BCUT2D eigenvalue weighted by molar-refractivity contribution is 5.87. The Morgan fingerprint density at radius 1 is 1.07 bits per heavy atom. The van der Waals surface area contributed by atoms with Crippen molar-refractivity contribution < 1.29 is 19.0 Å². The zero-order chi connectivity index (χ0) is 28.3. The third kappa shape index (κ3) is 5.75. The Bertz CT molecular complexity index is 1310. The van der Waals surface area contributed by atoms with Crippen molar-refractivity contribution >= 4 is 22.6 Å². The molecule has 0 amide bonds. The van der Waals surface area contributed by atoms with E-state index in [0.29, 0.717) is 5.92 Å². The van der Waals surface area contributed by atoms with Gasteiger partial charge in [-0.15, -0.1) is 0 Å². The van der Waals surface area contributed by atoms with Crippen LogP contribution in [-0.4, -0.2) is 60.8 Å². The number of hydrogen-bond acceptors (Lipinski definition) is 6. The molecule has 0 aliphatic heterocycles. The van der Waals surface area contributed by atoms with Crippen molar-refractivity contribution in [2.45, 2.75) is 58.0 Å². The maximum atomic E-state index is 12.9. The van der Waals surface area contributed by atoms with Gasteiger partial charge >= 0.3 is 5.97 Å². The number of nitrogens with zero attached hydrogens (tertiary/aromatic N) is 2. The Hall–Kier alpha value is -3.32. The molecule has 6 rings (SSSR count). The van der Waals surface area contributed by atoms with Crippen molar-refractivity contribution in [2.75, 3.05) is 34.4 Å². The minimum absolute atomic E-state index is 0.0828. The molecule has 1 heterocycles. The molecule has 1 fully saturated rings. The molecule has 3 aromatic rings. The van der Waals surface area contributed by atoms with Crippen molar-refractivity contribution in [1.29, 1.82) is 0 Å². The molecule has 1 N–H and O–H groups in total. The summed E-state index contributed by atoms with van der Waals surface area (Å²) in [6.45, 7) is 5.67. The van der Waals surface area contributed by atoms with Crippen LogP contribution in [0.1, 0.15) is 57.3 Å². The number of carbonyl (C=O) groups excluding carboxylic acids is 1. The van der Waals surface area contributed by atoms with Gasteiger partial charge in [-0.3, -0.25) is 4.79 Å². The molecular weight excluding hydrogens is 502 g/mol. The fourth-order valence-corrected chi connectivity index (χ4v) is 6.46. The lowest BCUT2D eigenvalue weighted by Crippen LogP contribution is -2.51. The summed E-state index contributed by atoms with van der Waals surface area (Å²) in [7, 11) is 5.49. The number of ether oxygens (including phenoxy) is 3. The number of fused-ring (bicyclic) bond motifs is 3. The molecular formula is C33H43N3O4. The normalized spacial score (nSPS) is 22.1. The molecule has 40 heavy (non-hydrogen) atoms. The molecule has 2 aromatic carbocycles. The van der Waals surface area contributed by atoms with Crippen LogP contribution in [0.5, 0.6) is 11.5 Å². The molecule has 3 aliphatic rings. The number of aromatic nitrogens is 2. The van der Waals surface area contributed by atoms with Gasteiger partial charge in [0.25, 0.3) is 0 Å². The fraction of sp³-hybridized carbons (Fsp3) is 0.515. The number of rotatable bonds is 12. The van der Waals surface area contributed by atoms with Crippen molar-refractivity contribution in [3.05, 3.63) is 59.9 Å². The van der Waals surface area contributed by atoms with Crippen LogP contribution in [0.4, 0.5) is 0 Å². The largest absolute Gasteiger partial charge is 0.494 e. The van der Waals surface area contributed by atoms with Gasteiger partial charge in [-0.1, -0.05) is 50.3 Å². The predicted octanol–water partition coefficient (Wildman–Crippen LogP) is 6.29. The van der Waals surface area contributed by atoms with Crippen molar-refractivity contribution in [1.82, 2.24) is 14.9 Å². The maximum Gasteiger partial charge on any atom is 0.308 e. The van der Waals surface area contributed by atoms with E-state index in [-0.39, 0.29) is 17.8 Å². The molecule has 7 heteroatoms. The first-order valence-electron chi connectivity index (χ1n) is 14.6. The molecule has 0 unspecified atom stereocenters. The van der Waals surface area contributed by atoms with E-state index in [1.165, 1.54) is 11.1 Å². The third-order valence-corrected chi connectivity index (χ3v) is 8.73. The standard InChI is InChI=1S/C33H43N3O4/c1-22(2)32(37)40-33(21-24-13-14-25(33)20-26(24)23-10-7-6-8-11-23)17-19-36(3)18-9-12-29-34-30-27(38-4)15-16-28(39-5)31(30)35-29/h6-8,10-11,15-16,20,22,24-25H,9,12-14,17-19,21H2,1-5H3,(H,34,35)/t24-,25-,33+/m1/s1. The van der Waals surface area contributed by atoms with Crippen LogP contribution < -0.4 is 9.47 Å². The third-order valence-electron chi connectivity index (χ3n) is 8.73. The lowest BCUT2D eigenvalue weighted by molar-refractivity contribution is -0.176. The molecule has 1 saturated carbocycles. The van der Waals surface area contributed by atoms with Crippen molar-refractivity contribution in [3.63, 3.8) is 0 Å². The van der Waals surface area contributed by atoms with E-state index in [4.69, 9.17) is 19.2 Å². The highest BCUT2D eigenvalue weighted by Crippen LogP contribution is 2.53. The SMILES string of the molecule is COc1ccc(OC)c2[nH]c(CCCN(C)CC[C@]3(OC(=O)C(C)C)C[C@H]4CC[C@@H]3C=C4c3ccccc3)nc12. The second kappa shape index (κ2) is 12.0. The number of allylic oxidation sites excluding steroid dienone is 1. The number of imidazole rings is 1. The smallest absolute Gasteiger partial charge is 0.308 e. The molecule has 1 aromatic heterocycles. The molecule has 7 nitrogen and oxygen atoms in total. The zero-order valence-corrected chi connectivity index (χ0v) is 24.5. The number of aryl methyl sites for hydroxylation is 1. The van der Waals surface area contributed by atoms with Gasteiger partial charge in [-0.2, -0.15) is 0 Å². The fourth-order valence-electron chi connectivity index (χ4n) is 6.46. The predicted molar refractivity (Wildman–Crippen MR) is 159 cm³/mol. The lowest BCUT2D eigenvalue weighted by Gasteiger charge is -2.50. The summed E-state index contributed by atoms with van der Waals surface area (Å²) < 4.78 is 17.4. The Labute approximate surface area is 237 Å². The Balaban J connectivity index is 1.24. The van der Waals surface area contributed by atoms with E-state index in [9.17, 15) is 4.79 Å². The first kappa shape index (κ1) is 28.2. The molecule has 0 spiro atoms. The van der Waals surface area contributed by atoms with E-state index >= 15 is 0 Å². The van der Waals surface area contributed by atoms with Gasteiger partial charge in [0.05, 0.1) is 20.1 Å². The molecule has 0 radical (unpaired) electrons. The number of esters is 1. The number of H-pyrrole nitrogens is 1. The van der Waals surface area contributed by atoms with Gasteiger partial charge in [0.2, 0.25) is 0 Å². The summed E-state index contributed by atoms with van der Waals surface area (Å²) in [5.41, 5.74) is 3.98. The van der Waals surface area contributed by atoms with Crippen LogP contribution in [0.25, 0.3) is 16.6 Å². The summed E-state index contributed by atoms with van der Waals surface area (Å²) in [6, 6.07) is 14.5. The Morgan fingerprint density at radius 3 is 2.50 bits per heavy atom. The van der Waals surface area contributed by atoms with E-state index in [1.54, 1.807) is 14.2 Å². The van der Waals surface area contributed by atoms with E-state index < -0.39 is 5.60 Å². The van der Waals surface area contributed by atoms with Gasteiger partial charge in [-0.05, 0) is 68.5 Å². The zero-order valence-electron chi connectivity index (χ0n) is 24.5. The minimum atomic E-state index is -0.428. The number of benzene rings is 2. The second-order valence-corrected chi connectivity index (χ2v) is 11.7. The van der Waals surface area contributed by atoms with Crippen molar-refractivity contribution in [3.8, 4) is 11.5 Å². The quantitative estimate of drug-likeness (QED) is 0.270. The summed E-state index contributed by atoms with van der Waals surface area (Å²) in [5, 5.41) is 0. The molecule has 0 saturated heterocycles. The molecule has 3 aliphatic carbocycles. The highest BCUT2D eigenvalue weighted by atomic mass is 16.6. The molecule has 2 bridgehead atoms. The Morgan fingerprint density at radius 2 is 1.82 bits per heavy atom. The van der Waals surface area contributed by atoms with Crippen LogP contribution in [-0.2, 0) is 16.0 Å². The Kier molecular flexibility index (Phi) is 8.50. The van der Waals surface area contributed by atoms with Crippen LogP contribution in [0.3, 0.4) is 0 Å². The van der Waals surface area contributed by atoms with Crippen LogP contribution in [0.15, 0.2) is 48.5 Å². The monoisotopic (exact) mass is 545 g/mol. The molecule has 3 atom stereocenters. The second-order valence-electron chi connectivity index (χ2n) is 11.7. The summed E-state index contributed by atoms with van der Waals surface area (Å²) in [4.78, 5) is 23.5. The van der Waals surface area contributed by atoms with Gasteiger partial charge in [0.1, 0.15) is 34.0 Å². The van der Waals surface area contributed by atoms with Gasteiger partial charge in [0, 0.05) is 25.3 Å².